The topological polar surface area (TPSA) is 48.3 Å². The lowest BCUT2D eigenvalue weighted by atomic mass is 9.78. The van der Waals surface area contributed by atoms with Gasteiger partial charge >= 0.3 is 0 Å². The summed E-state index contributed by atoms with van der Waals surface area (Å²) >= 11 is 0. The van der Waals surface area contributed by atoms with Gasteiger partial charge in [0.2, 0.25) is 0 Å². The van der Waals surface area contributed by atoms with E-state index in [-0.39, 0.29) is 18.1 Å². The number of rotatable bonds is 4. The van der Waals surface area contributed by atoms with Gasteiger partial charge in [-0.15, -0.1) is 0 Å². The van der Waals surface area contributed by atoms with Crippen molar-refractivity contribution in [3.05, 3.63) is 124 Å². The lowest BCUT2D eigenvalue weighted by molar-refractivity contribution is 0.403. The molecule has 184 valence electrons. The predicted octanol–water partition coefficient (Wildman–Crippen LogP) is 7.66. The Morgan fingerprint density at radius 3 is 2.38 bits per heavy atom. The zero-order valence-corrected chi connectivity index (χ0v) is 21.5. The number of nitrogens with zero attached hydrogens (tertiary/aromatic N) is 2. The molecule has 4 atom stereocenters. The van der Waals surface area contributed by atoms with Crippen LogP contribution in [0.2, 0.25) is 0 Å². The summed E-state index contributed by atoms with van der Waals surface area (Å²) in [5.41, 5.74) is 9.45. The molecule has 2 aliphatic rings. The van der Waals surface area contributed by atoms with Gasteiger partial charge in [0, 0.05) is 17.3 Å². The molecule has 6 rings (SSSR count). The quantitative estimate of drug-likeness (QED) is 0.322. The van der Waals surface area contributed by atoms with E-state index in [0.29, 0.717) is 11.5 Å². The van der Waals surface area contributed by atoms with Gasteiger partial charge in [-0.1, -0.05) is 60.2 Å². The molecule has 0 amide bonds. The molecule has 1 saturated heterocycles. The summed E-state index contributed by atoms with van der Waals surface area (Å²) in [5.74, 6) is 1.19. The van der Waals surface area contributed by atoms with Crippen molar-refractivity contribution in [2.75, 3.05) is 17.3 Å². The molecule has 4 nitrogen and oxygen atoms in total. The molecule has 0 bridgehead atoms. The Hall–Kier alpha value is -4.23. The van der Waals surface area contributed by atoms with Crippen LogP contribution < -0.4 is 15.0 Å². The second-order valence-electron chi connectivity index (χ2n) is 10.3. The van der Waals surface area contributed by atoms with Gasteiger partial charge in [-0.2, -0.15) is 5.26 Å². The molecule has 2 heterocycles. The largest absolute Gasteiger partial charge is 0.497 e. The Bertz CT molecular complexity index is 1470. The number of ether oxygens (including phenoxy) is 1. The fourth-order valence-electron chi connectivity index (χ4n) is 6.31. The lowest BCUT2D eigenvalue weighted by Gasteiger charge is -2.42. The number of hydrogen-bond acceptors (Lipinski definition) is 4. The number of para-hydroxylation sites is 1. The van der Waals surface area contributed by atoms with E-state index in [1.54, 1.807) is 7.11 Å². The highest BCUT2D eigenvalue weighted by molar-refractivity contribution is 5.67. The normalized spacial score (nSPS) is 21.9. The summed E-state index contributed by atoms with van der Waals surface area (Å²) in [7, 11) is 1.71. The maximum Gasteiger partial charge on any atom is 0.118 e. The lowest BCUT2D eigenvalue weighted by Crippen LogP contribution is -2.35. The van der Waals surface area contributed by atoms with Crippen molar-refractivity contribution in [2.45, 2.75) is 38.4 Å². The smallest absolute Gasteiger partial charge is 0.118 e. The maximum absolute atomic E-state index is 9.61. The van der Waals surface area contributed by atoms with E-state index < -0.39 is 0 Å². The van der Waals surface area contributed by atoms with Crippen LogP contribution in [0.5, 0.6) is 5.75 Å². The molecule has 0 spiro atoms. The number of hydrogen-bond donors (Lipinski definition) is 1. The van der Waals surface area contributed by atoms with E-state index in [4.69, 9.17) is 4.74 Å². The van der Waals surface area contributed by atoms with Crippen molar-refractivity contribution in [3.63, 3.8) is 0 Å². The van der Waals surface area contributed by atoms with Crippen LogP contribution in [0, 0.1) is 31.1 Å². The maximum atomic E-state index is 9.61. The predicted molar refractivity (Wildman–Crippen MR) is 149 cm³/mol. The van der Waals surface area contributed by atoms with Crippen molar-refractivity contribution in [3.8, 4) is 11.8 Å². The Morgan fingerprint density at radius 1 is 0.892 bits per heavy atom. The van der Waals surface area contributed by atoms with Gasteiger partial charge in [-0.25, -0.2) is 0 Å². The van der Waals surface area contributed by atoms with Gasteiger partial charge in [-0.3, -0.25) is 0 Å². The first-order valence-electron chi connectivity index (χ1n) is 12.9. The first kappa shape index (κ1) is 23.2. The minimum absolute atomic E-state index is 0.100. The monoisotopic (exact) mass is 485 g/mol. The third-order valence-corrected chi connectivity index (χ3v) is 8.10. The third-order valence-electron chi connectivity index (χ3n) is 8.10. The molecule has 2 aliphatic heterocycles. The van der Waals surface area contributed by atoms with Gasteiger partial charge < -0.3 is 15.0 Å². The van der Waals surface area contributed by atoms with Crippen LogP contribution in [0.1, 0.15) is 57.9 Å². The Labute approximate surface area is 219 Å². The number of nitriles is 1. The van der Waals surface area contributed by atoms with E-state index in [2.05, 4.69) is 109 Å². The van der Waals surface area contributed by atoms with Crippen molar-refractivity contribution < 1.29 is 4.74 Å². The van der Waals surface area contributed by atoms with E-state index >= 15 is 0 Å². The second kappa shape index (κ2) is 9.33. The average Bonchev–Trinajstić information content (AvgIpc) is 3.34. The van der Waals surface area contributed by atoms with Crippen molar-refractivity contribution in [2.24, 2.45) is 5.92 Å². The summed E-state index contributed by atoms with van der Waals surface area (Å²) in [4.78, 5) is 2.63. The van der Waals surface area contributed by atoms with Crippen LogP contribution in [-0.4, -0.2) is 7.11 Å². The number of methoxy groups -OCH3 is 1. The summed E-state index contributed by atoms with van der Waals surface area (Å²) in [6.45, 7) is 4.32. The fraction of sp³-hybridized carbons (Fsp3) is 0.242. The van der Waals surface area contributed by atoms with Crippen molar-refractivity contribution in [1.29, 1.82) is 5.26 Å². The highest BCUT2D eigenvalue weighted by Crippen LogP contribution is 2.58. The number of aryl methyl sites for hydroxylation is 2. The molecule has 4 aromatic carbocycles. The van der Waals surface area contributed by atoms with Crippen LogP contribution >= 0.6 is 0 Å². The van der Waals surface area contributed by atoms with E-state index in [0.717, 1.165) is 12.2 Å². The third kappa shape index (κ3) is 4.01. The van der Waals surface area contributed by atoms with E-state index in [1.807, 2.05) is 12.1 Å². The summed E-state index contributed by atoms with van der Waals surface area (Å²) in [6, 6.07) is 35.1. The van der Waals surface area contributed by atoms with Gasteiger partial charge in [0.25, 0.3) is 0 Å². The standard InChI is InChI=1S/C33H31N3O/c1-21-10-14-26(15-11-21)36-30(24-12-16-27(37-3)17-13-24)19-29-32(25-8-5-7-23(18-25)20-34)35-31-22(2)6-4-9-28(31)33(29)36/h4-18,29-30,32-33,35H,19H2,1-3H3/t29-,30?,32+,33+/m1/s1. The number of fused-ring (bicyclic) bond motifs is 3. The van der Waals surface area contributed by atoms with Gasteiger partial charge in [-0.05, 0) is 78.9 Å². The zero-order chi connectivity index (χ0) is 25.5. The molecular formula is C33H31N3O. The summed E-state index contributed by atoms with van der Waals surface area (Å²) < 4.78 is 5.46. The van der Waals surface area contributed by atoms with Gasteiger partial charge in [0.1, 0.15) is 5.75 Å². The molecule has 0 saturated carbocycles. The highest BCUT2D eigenvalue weighted by atomic mass is 16.5. The molecule has 1 fully saturated rings. The minimum atomic E-state index is 0.100. The minimum Gasteiger partial charge on any atom is -0.497 e. The Morgan fingerprint density at radius 2 is 1.65 bits per heavy atom. The van der Waals surface area contributed by atoms with Crippen LogP contribution in [0.4, 0.5) is 11.4 Å². The molecule has 0 radical (unpaired) electrons. The van der Waals surface area contributed by atoms with Gasteiger partial charge in [0.05, 0.1) is 36.9 Å². The summed E-state index contributed by atoms with van der Waals surface area (Å²) in [6.07, 6.45) is 0.993. The number of anilines is 2. The molecule has 0 aromatic heterocycles. The van der Waals surface area contributed by atoms with Crippen LogP contribution in [0.3, 0.4) is 0 Å². The van der Waals surface area contributed by atoms with Crippen molar-refractivity contribution in [1.82, 2.24) is 0 Å². The van der Waals surface area contributed by atoms with Crippen LogP contribution in [0.15, 0.2) is 91.0 Å². The first-order valence-corrected chi connectivity index (χ1v) is 12.9. The first-order chi connectivity index (χ1) is 18.1. The van der Waals surface area contributed by atoms with Crippen molar-refractivity contribution >= 4 is 11.4 Å². The molecule has 1 N–H and O–H groups in total. The second-order valence-corrected chi connectivity index (χ2v) is 10.3. The summed E-state index contributed by atoms with van der Waals surface area (Å²) in [5, 5.41) is 13.5. The molecular weight excluding hydrogens is 454 g/mol. The molecule has 0 aliphatic carbocycles. The highest BCUT2D eigenvalue weighted by Gasteiger charge is 2.49. The molecule has 4 heteroatoms. The molecule has 1 unspecified atom stereocenters. The van der Waals surface area contributed by atoms with E-state index in [9.17, 15) is 5.26 Å². The van der Waals surface area contributed by atoms with Crippen LogP contribution in [-0.2, 0) is 0 Å². The Balaban J connectivity index is 1.54. The number of benzene rings is 4. The van der Waals surface area contributed by atoms with Crippen LogP contribution in [0.25, 0.3) is 0 Å². The molecule has 4 aromatic rings. The Kier molecular flexibility index (Phi) is 5.85. The zero-order valence-electron chi connectivity index (χ0n) is 21.5. The average molecular weight is 486 g/mol. The fourth-order valence-corrected chi connectivity index (χ4v) is 6.31. The molecule has 37 heavy (non-hydrogen) atoms. The SMILES string of the molecule is COc1ccc(C2C[C@@H]3[C@H](c4cccc(C#N)c4)Nc4c(C)cccc4[C@@H]3N2c2ccc(C)cc2)cc1. The van der Waals surface area contributed by atoms with E-state index in [1.165, 1.54) is 39.2 Å². The van der Waals surface area contributed by atoms with Gasteiger partial charge in [0.15, 0.2) is 0 Å². The number of nitrogens with one attached hydrogen (secondary N) is 1.